The maximum Gasteiger partial charge on any atom is 0.225 e. The van der Waals surface area contributed by atoms with Gasteiger partial charge in [0.15, 0.2) is 0 Å². The average molecular weight is 443 g/mol. The highest BCUT2D eigenvalue weighted by atomic mass is 35.5. The molecule has 29 heavy (non-hydrogen) atoms. The van der Waals surface area contributed by atoms with Crippen molar-refractivity contribution in [3.05, 3.63) is 17.4 Å². The summed E-state index contributed by atoms with van der Waals surface area (Å²) in [4.78, 5) is 10.9. The standard InChI is InChI=1S/C20H31ClN4O3S/c1-14(2)29(26,27)25-12-18(13-25)28-8-5-16-9-19(16)15-3-6-24(7-4-15)20-22-10-17(21)11-23-20/h10-11,14-16,18-19H,3-9,12-13H2,1-2H3/t16-,19?/m1/s1. The van der Waals surface area contributed by atoms with Crippen LogP contribution in [0.25, 0.3) is 0 Å². The third-order valence-corrected chi connectivity index (χ3v) is 9.03. The van der Waals surface area contributed by atoms with E-state index in [0.717, 1.165) is 49.8 Å². The van der Waals surface area contributed by atoms with Gasteiger partial charge in [-0.05, 0) is 57.3 Å². The number of ether oxygens (including phenoxy) is 1. The zero-order chi connectivity index (χ0) is 20.6. The molecule has 3 heterocycles. The van der Waals surface area contributed by atoms with E-state index in [1.165, 1.54) is 19.3 Å². The number of hydrogen-bond acceptors (Lipinski definition) is 6. The number of piperidine rings is 1. The number of nitrogens with zero attached hydrogens (tertiary/aromatic N) is 4. The van der Waals surface area contributed by atoms with Gasteiger partial charge in [-0.15, -0.1) is 0 Å². The van der Waals surface area contributed by atoms with Crippen molar-refractivity contribution in [2.45, 2.75) is 50.9 Å². The summed E-state index contributed by atoms with van der Waals surface area (Å²) in [6.07, 6.45) is 8.18. The predicted octanol–water partition coefficient (Wildman–Crippen LogP) is 2.81. The summed E-state index contributed by atoms with van der Waals surface area (Å²) in [5.41, 5.74) is 0. The Hall–Kier alpha value is -0.960. The number of sulfonamides is 1. The van der Waals surface area contributed by atoms with Crippen LogP contribution in [-0.4, -0.2) is 66.8 Å². The largest absolute Gasteiger partial charge is 0.375 e. The van der Waals surface area contributed by atoms with Crippen LogP contribution in [0.2, 0.25) is 5.02 Å². The molecule has 1 aromatic heterocycles. The maximum absolute atomic E-state index is 12.1. The molecule has 1 unspecified atom stereocenters. The Morgan fingerprint density at radius 3 is 2.48 bits per heavy atom. The number of hydrogen-bond donors (Lipinski definition) is 0. The summed E-state index contributed by atoms with van der Waals surface area (Å²) in [6.45, 7) is 7.24. The smallest absolute Gasteiger partial charge is 0.225 e. The summed E-state index contributed by atoms with van der Waals surface area (Å²) in [5.74, 6) is 3.17. The maximum atomic E-state index is 12.1. The monoisotopic (exact) mass is 442 g/mol. The first-order valence-electron chi connectivity index (χ1n) is 10.7. The number of aromatic nitrogens is 2. The van der Waals surface area contributed by atoms with E-state index in [0.29, 0.717) is 18.1 Å². The fraction of sp³-hybridized carbons (Fsp3) is 0.800. The Labute approximate surface area is 178 Å². The molecule has 162 valence electrons. The van der Waals surface area contributed by atoms with Gasteiger partial charge in [-0.2, -0.15) is 4.31 Å². The van der Waals surface area contributed by atoms with E-state index < -0.39 is 10.0 Å². The Balaban J connectivity index is 1.11. The van der Waals surface area contributed by atoms with E-state index in [1.54, 1.807) is 30.5 Å². The lowest BCUT2D eigenvalue weighted by molar-refractivity contribution is -0.0228. The summed E-state index contributed by atoms with van der Waals surface area (Å²) >= 11 is 5.87. The summed E-state index contributed by atoms with van der Waals surface area (Å²) < 4.78 is 31.6. The van der Waals surface area contributed by atoms with Crippen molar-refractivity contribution < 1.29 is 13.2 Å². The predicted molar refractivity (Wildman–Crippen MR) is 114 cm³/mol. The second kappa shape index (κ2) is 8.65. The van der Waals surface area contributed by atoms with Gasteiger partial charge < -0.3 is 9.64 Å². The molecule has 1 aliphatic carbocycles. The van der Waals surface area contributed by atoms with Crippen LogP contribution in [0.1, 0.15) is 39.5 Å². The van der Waals surface area contributed by atoms with Crippen molar-refractivity contribution in [2.75, 3.05) is 37.7 Å². The minimum atomic E-state index is -3.12. The first-order chi connectivity index (χ1) is 13.8. The molecule has 0 amide bonds. The minimum Gasteiger partial charge on any atom is -0.375 e. The SMILES string of the molecule is CC(C)S(=O)(=O)N1CC(OCC[C@@H]2CC2C2CCN(c3ncc(Cl)cn3)CC2)C1. The lowest BCUT2D eigenvalue weighted by Gasteiger charge is -2.38. The van der Waals surface area contributed by atoms with Gasteiger partial charge in [0.25, 0.3) is 0 Å². The molecule has 3 aliphatic rings. The Morgan fingerprint density at radius 1 is 1.21 bits per heavy atom. The van der Waals surface area contributed by atoms with Crippen molar-refractivity contribution in [3.63, 3.8) is 0 Å². The van der Waals surface area contributed by atoms with E-state index in [2.05, 4.69) is 14.9 Å². The van der Waals surface area contributed by atoms with Gasteiger partial charge in [0, 0.05) is 32.8 Å². The van der Waals surface area contributed by atoms with Crippen molar-refractivity contribution in [2.24, 2.45) is 17.8 Å². The molecule has 1 aromatic rings. The molecule has 9 heteroatoms. The van der Waals surface area contributed by atoms with Crippen molar-refractivity contribution >= 4 is 27.6 Å². The molecular formula is C20H31ClN4O3S. The highest BCUT2D eigenvalue weighted by molar-refractivity contribution is 7.89. The normalized spacial score (nSPS) is 26.7. The third kappa shape index (κ3) is 4.86. The van der Waals surface area contributed by atoms with Gasteiger partial charge >= 0.3 is 0 Å². The number of anilines is 1. The highest BCUT2D eigenvalue weighted by Crippen LogP contribution is 2.50. The first-order valence-corrected chi connectivity index (χ1v) is 12.6. The zero-order valence-corrected chi connectivity index (χ0v) is 18.8. The van der Waals surface area contributed by atoms with Gasteiger partial charge in [-0.3, -0.25) is 0 Å². The molecule has 1 saturated carbocycles. The molecule has 2 saturated heterocycles. The van der Waals surface area contributed by atoms with Gasteiger partial charge in [0.1, 0.15) is 0 Å². The Morgan fingerprint density at radius 2 is 1.86 bits per heavy atom. The van der Waals surface area contributed by atoms with Crippen LogP contribution in [0, 0.1) is 17.8 Å². The molecule has 7 nitrogen and oxygen atoms in total. The second-order valence-electron chi connectivity index (χ2n) is 8.88. The molecule has 0 bridgehead atoms. The first kappa shape index (κ1) is 21.3. The molecule has 0 spiro atoms. The highest BCUT2D eigenvalue weighted by Gasteiger charge is 2.44. The Kier molecular flexibility index (Phi) is 6.35. The van der Waals surface area contributed by atoms with E-state index in [4.69, 9.17) is 16.3 Å². The lowest BCUT2D eigenvalue weighted by atomic mass is 9.90. The molecule has 2 aliphatic heterocycles. The molecule has 2 atom stereocenters. The van der Waals surface area contributed by atoms with Crippen molar-refractivity contribution in [1.82, 2.24) is 14.3 Å². The van der Waals surface area contributed by atoms with Crippen LogP contribution in [0.15, 0.2) is 12.4 Å². The summed E-state index contributed by atoms with van der Waals surface area (Å²) in [7, 11) is -3.12. The van der Waals surface area contributed by atoms with Gasteiger partial charge in [-0.25, -0.2) is 18.4 Å². The summed E-state index contributed by atoms with van der Waals surface area (Å²) in [6, 6.07) is 0. The van der Waals surface area contributed by atoms with E-state index >= 15 is 0 Å². The lowest BCUT2D eigenvalue weighted by Crippen LogP contribution is -2.56. The Bertz CT molecular complexity index is 790. The van der Waals surface area contributed by atoms with E-state index in [1.807, 2.05) is 0 Å². The van der Waals surface area contributed by atoms with Crippen LogP contribution < -0.4 is 4.90 Å². The van der Waals surface area contributed by atoms with Crippen LogP contribution in [0.5, 0.6) is 0 Å². The fourth-order valence-corrected chi connectivity index (χ4v) is 6.02. The number of halogens is 1. The molecule has 0 aromatic carbocycles. The van der Waals surface area contributed by atoms with Crippen molar-refractivity contribution in [3.8, 4) is 0 Å². The van der Waals surface area contributed by atoms with Crippen LogP contribution >= 0.6 is 11.6 Å². The van der Waals surface area contributed by atoms with Crippen LogP contribution in [0.3, 0.4) is 0 Å². The van der Waals surface area contributed by atoms with Crippen molar-refractivity contribution in [1.29, 1.82) is 0 Å². The molecule has 3 fully saturated rings. The molecule has 0 N–H and O–H groups in total. The quantitative estimate of drug-likeness (QED) is 0.616. The second-order valence-corrected chi connectivity index (χ2v) is 11.8. The molecule has 4 rings (SSSR count). The number of rotatable bonds is 8. The van der Waals surface area contributed by atoms with Crippen LogP contribution in [0.4, 0.5) is 5.95 Å². The zero-order valence-electron chi connectivity index (χ0n) is 17.2. The van der Waals surface area contributed by atoms with Gasteiger partial charge in [-0.1, -0.05) is 11.6 Å². The summed E-state index contributed by atoms with van der Waals surface area (Å²) in [5, 5.41) is 0.219. The van der Waals surface area contributed by atoms with Crippen LogP contribution in [-0.2, 0) is 14.8 Å². The average Bonchev–Trinajstić information content (AvgIpc) is 3.43. The topological polar surface area (TPSA) is 75.6 Å². The van der Waals surface area contributed by atoms with Gasteiger partial charge in [0.05, 0.1) is 28.8 Å². The molecule has 0 radical (unpaired) electrons. The fourth-order valence-electron chi connectivity index (χ4n) is 4.57. The van der Waals surface area contributed by atoms with Gasteiger partial charge in [0.2, 0.25) is 16.0 Å². The van der Waals surface area contributed by atoms with E-state index in [-0.39, 0.29) is 11.4 Å². The minimum absolute atomic E-state index is 0.0725. The molecular weight excluding hydrogens is 412 g/mol. The third-order valence-electron chi connectivity index (χ3n) is 6.62. The van der Waals surface area contributed by atoms with E-state index in [9.17, 15) is 8.42 Å².